The summed E-state index contributed by atoms with van der Waals surface area (Å²) in [5.74, 6) is 0.422. The molecule has 2 heterocycles. The molecule has 3 amide bonds. The van der Waals surface area contributed by atoms with E-state index in [1.165, 1.54) is 11.3 Å². The van der Waals surface area contributed by atoms with Gasteiger partial charge in [-0.1, -0.05) is 35.1 Å². The lowest BCUT2D eigenvalue weighted by Crippen LogP contribution is -2.41. The van der Waals surface area contributed by atoms with Gasteiger partial charge >= 0.3 is 6.03 Å². The lowest BCUT2D eigenvalue weighted by molar-refractivity contribution is 0.102. The Hall–Kier alpha value is -3.17. The molecule has 0 radical (unpaired) electrons. The van der Waals surface area contributed by atoms with Crippen LogP contribution >= 0.6 is 22.9 Å². The zero-order valence-electron chi connectivity index (χ0n) is 17.4. The maximum Gasteiger partial charge on any atom is 0.321 e. The van der Waals surface area contributed by atoms with Crippen molar-refractivity contribution in [3.8, 4) is 5.75 Å². The Bertz CT molecular complexity index is 1100. The fourth-order valence-corrected chi connectivity index (χ4v) is 4.52. The predicted molar refractivity (Wildman–Crippen MR) is 125 cm³/mol. The van der Waals surface area contributed by atoms with Crippen molar-refractivity contribution in [1.82, 2.24) is 15.1 Å². The standard InChI is InChI=1S/C22H22ClN5O3S/c1-31-16-10-8-15(9-11-16)24-19(29)21-27-26-20(32-21)14-5-4-12-28(13-14)22(30)25-18-7-3-2-6-17(18)23/h2-3,6-11,14H,4-5,12-13H2,1H3,(H,24,29)(H,25,30). The third kappa shape index (κ3) is 5.17. The molecule has 2 N–H and O–H groups in total. The summed E-state index contributed by atoms with van der Waals surface area (Å²) in [5, 5.41) is 15.5. The summed E-state index contributed by atoms with van der Waals surface area (Å²) in [6.45, 7) is 1.15. The smallest absolute Gasteiger partial charge is 0.321 e. The van der Waals surface area contributed by atoms with Crippen LogP contribution < -0.4 is 15.4 Å². The number of benzene rings is 2. The molecule has 0 bridgehead atoms. The molecular weight excluding hydrogens is 450 g/mol. The number of likely N-dealkylation sites (tertiary alicyclic amines) is 1. The molecule has 32 heavy (non-hydrogen) atoms. The minimum Gasteiger partial charge on any atom is -0.497 e. The second-order valence-electron chi connectivity index (χ2n) is 7.32. The van der Waals surface area contributed by atoms with Crippen LogP contribution in [0.5, 0.6) is 5.75 Å². The summed E-state index contributed by atoms with van der Waals surface area (Å²) in [6.07, 6.45) is 1.72. The first-order chi connectivity index (χ1) is 15.5. The predicted octanol–water partition coefficient (Wildman–Crippen LogP) is 4.86. The Balaban J connectivity index is 1.38. The molecule has 8 nitrogen and oxygen atoms in total. The number of nitrogens with zero attached hydrogens (tertiary/aromatic N) is 3. The van der Waals surface area contributed by atoms with Gasteiger partial charge in [-0.05, 0) is 49.2 Å². The topological polar surface area (TPSA) is 96.4 Å². The van der Waals surface area contributed by atoms with Crippen LogP contribution in [0.25, 0.3) is 0 Å². The van der Waals surface area contributed by atoms with Crippen molar-refractivity contribution in [1.29, 1.82) is 0 Å². The van der Waals surface area contributed by atoms with Gasteiger partial charge in [-0.3, -0.25) is 4.79 Å². The van der Waals surface area contributed by atoms with Gasteiger partial charge in [0.15, 0.2) is 0 Å². The third-order valence-corrected chi connectivity index (χ3v) is 6.57. The molecule has 3 aromatic rings. The van der Waals surface area contributed by atoms with Gasteiger partial charge in [0.2, 0.25) is 5.01 Å². The average molecular weight is 472 g/mol. The van der Waals surface area contributed by atoms with E-state index in [1.807, 2.05) is 12.1 Å². The number of rotatable bonds is 5. The van der Waals surface area contributed by atoms with Gasteiger partial charge in [-0.2, -0.15) is 0 Å². The third-order valence-electron chi connectivity index (χ3n) is 5.16. The maximum absolute atomic E-state index is 12.7. The number of amides is 3. The number of nitrogens with one attached hydrogen (secondary N) is 2. The number of urea groups is 1. The SMILES string of the molecule is COc1ccc(NC(=O)c2nnc(C3CCCN(C(=O)Nc4ccccc4Cl)C3)s2)cc1. The molecule has 2 aromatic carbocycles. The summed E-state index contributed by atoms with van der Waals surface area (Å²) in [7, 11) is 1.59. The molecule has 1 aliphatic rings. The summed E-state index contributed by atoms with van der Waals surface area (Å²) >= 11 is 7.40. The second kappa shape index (κ2) is 9.97. The van der Waals surface area contributed by atoms with Crippen LogP contribution in [0.2, 0.25) is 5.02 Å². The Labute approximate surface area is 194 Å². The van der Waals surface area contributed by atoms with Crippen LogP contribution in [0.3, 0.4) is 0 Å². The van der Waals surface area contributed by atoms with E-state index in [-0.39, 0.29) is 22.9 Å². The number of aromatic nitrogens is 2. The van der Waals surface area contributed by atoms with Crippen molar-refractivity contribution < 1.29 is 14.3 Å². The quantitative estimate of drug-likeness (QED) is 0.553. The number of para-hydroxylation sites is 1. The Morgan fingerprint density at radius 1 is 1.12 bits per heavy atom. The molecule has 1 fully saturated rings. The fourth-order valence-electron chi connectivity index (χ4n) is 3.47. The van der Waals surface area contributed by atoms with Gasteiger partial charge in [-0.25, -0.2) is 4.79 Å². The number of carbonyl (C=O) groups is 2. The molecule has 10 heteroatoms. The molecule has 1 saturated heterocycles. The number of methoxy groups -OCH3 is 1. The van der Waals surface area contributed by atoms with Crippen molar-refractivity contribution >= 4 is 46.3 Å². The Kier molecular flexibility index (Phi) is 6.87. The second-order valence-corrected chi connectivity index (χ2v) is 8.74. The Morgan fingerprint density at radius 2 is 1.91 bits per heavy atom. The minimum absolute atomic E-state index is 0.0285. The fraction of sp³-hybridized carbons (Fsp3) is 0.273. The molecule has 1 unspecified atom stereocenters. The van der Waals surface area contributed by atoms with E-state index in [9.17, 15) is 9.59 Å². The van der Waals surface area contributed by atoms with Crippen LogP contribution in [-0.2, 0) is 0 Å². The van der Waals surface area contributed by atoms with Crippen molar-refractivity contribution in [2.24, 2.45) is 0 Å². The molecular formula is C22H22ClN5O3S. The van der Waals surface area contributed by atoms with Gasteiger partial charge in [0.1, 0.15) is 10.8 Å². The molecule has 1 aromatic heterocycles. The number of carbonyl (C=O) groups excluding carboxylic acids is 2. The molecule has 1 aliphatic heterocycles. The minimum atomic E-state index is -0.317. The highest BCUT2D eigenvalue weighted by Gasteiger charge is 2.28. The first-order valence-electron chi connectivity index (χ1n) is 10.1. The van der Waals surface area contributed by atoms with Crippen LogP contribution in [0.4, 0.5) is 16.2 Å². The zero-order valence-corrected chi connectivity index (χ0v) is 18.9. The lowest BCUT2D eigenvalue weighted by atomic mass is 9.99. The first kappa shape index (κ1) is 22.0. The molecule has 166 valence electrons. The van der Waals surface area contributed by atoms with E-state index < -0.39 is 0 Å². The van der Waals surface area contributed by atoms with E-state index in [0.29, 0.717) is 35.2 Å². The van der Waals surface area contributed by atoms with Crippen LogP contribution in [0, 0.1) is 0 Å². The molecule has 1 atom stereocenters. The first-order valence-corrected chi connectivity index (χ1v) is 11.3. The maximum atomic E-state index is 12.7. The number of anilines is 2. The monoisotopic (exact) mass is 471 g/mol. The van der Waals surface area contributed by atoms with Gasteiger partial charge in [0.05, 0.1) is 17.8 Å². The summed E-state index contributed by atoms with van der Waals surface area (Å²) in [6, 6.07) is 14.0. The number of ether oxygens (including phenoxy) is 1. The lowest BCUT2D eigenvalue weighted by Gasteiger charge is -2.31. The van der Waals surface area contributed by atoms with E-state index in [4.69, 9.17) is 16.3 Å². The zero-order chi connectivity index (χ0) is 22.5. The van der Waals surface area contributed by atoms with Gasteiger partial charge < -0.3 is 20.3 Å². The number of halogens is 1. The largest absolute Gasteiger partial charge is 0.497 e. The molecule has 4 rings (SSSR count). The van der Waals surface area contributed by atoms with Gasteiger partial charge in [-0.15, -0.1) is 10.2 Å². The van der Waals surface area contributed by atoms with E-state index in [0.717, 1.165) is 17.8 Å². The normalized spacial score (nSPS) is 15.8. The van der Waals surface area contributed by atoms with E-state index >= 15 is 0 Å². The number of hydrogen-bond acceptors (Lipinski definition) is 6. The van der Waals surface area contributed by atoms with E-state index in [1.54, 1.807) is 48.4 Å². The summed E-state index contributed by atoms with van der Waals surface area (Å²) < 4.78 is 5.12. The van der Waals surface area contributed by atoms with Crippen LogP contribution in [0.15, 0.2) is 48.5 Å². The highest BCUT2D eigenvalue weighted by atomic mass is 35.5. The highest BCUT2D eigenvalue weighted by molar-refractivity contribution is 7.13. The van der Waals surface area contributed by atoms with Crippen molar-refractivity contribution in [3.63, 3.8) is 0 Å². The Morgan fingerprint density at radius 3 is 2.66 bits per heavy atom. The number of hydrogen-bond donors (Lipinski definition) is 2. The van der Waals surface area contributed by atoms with Crippen molar-refractivity contribution in [2.45, 2.75) is 18.8 Å². The van der Waals surface area contributed by atoms with Gasteiger partial charge in [0, 0.05) is 24.7 Å². The van der Waals surface area contributed by atoms with Crippen LogP contribution in [0.1, 0.15) is 33.6 Å². The van der Waals surface area contributed by atoms with Crippen LogP contribution in [-0.4, -0.2) is 47.2 Å². The summed E-state index contributed by atoms with van der Waals surface area (Å²) in [4.78, 5) is 27.0. The van der Waals surface area contributed by atoms with Crippen molar-refractivity contribution in [3.05, 3.63) is 63.6 Å². The molecule has 0 saturated carbocycles. The molecule has 0 spiro atoms. The summed E-state index contributed by atoms with van der Waals surface area (Å²) in [5.41, 5.74) is 1.22. The highest BCUT2D eigenvalue weighted by Crippen LogP contribution is 2.30. The van der Waals surface area contributed by atoms with E-state index in [2.05, 4.69) is 20.8 Å². The average Bonchev–Trinajstić information content (AvgIpc) is 3.32. The number of piperidine rings is 1. The molecule has 0 aliphatic carbocycles. The van der Waals surface area contributed by atoms with Gasteiger partial charge in [0.25, 0.3) is 5.91 Å². The van der Waals surface area contributed by atoms with Crippen molar-refractivity contribution in [2.75, 3.05) is 30.8 Å².